The van der Waals surface area contributed by atoms with E-state index >= 15 is 0 Å². The van der Waals surface area contributed by atoms with Crippen LogP contribution in [0.15, 0.2) is 35.2 Å². The number of rotatable bonds is 5. The predicted octanol–water partition coefficient (Wildman–Crippen LogP) is 4.23. The number of alkyl carbamates (subject to hydrolysis) is 1. The van der Waals surface area contributed by atoms with Gasteiger partial charge in [-0.25, -0.2) is 9.59 Å². The maximum absolute atomic E-state index is 14.2. The van der Waals surface area contributed by atoms with Crippen LogP contribution in [-0.2, 0) is 19.1 Å². The summed E-state index contributed by atoms with van der Waals surface area (Å²) in [5.74, 6) is -2.18. The number of amides is 3. The van der Waals surface area contributed by atoms with Crippen LogP contribution in [0.25, 0.3) is 11.4 Å². The number of fused-ring (bicyclic) bond motifs is 2. The first-order valence-corrected chi connectivity index (χ1v) is 17.1. The zero-order valence-electron chi connectivity index (χ0n) is 26.4. The minimum absolute atomic E-state index is 0.0504. The van der Waals surface area contributed by atoms with E-state index < -0.39 is 53.1 Å². The van der Waals surface area contributed by atoms with Crippen LogP contribution in [0, 0.1) is 5.92 Å². The average Bonchev–Trinajstić information content (AvgIpc) is 3.31. The van der Waals surface area contributed by atoms with Crippen LogP contribution in [0.4, 0.5) is 4.79 Å². The van der Waals surface area contributed by atoms with Gasteiger partial charge in [0.25, 0.3) is 0 Å². The fourth-order valence-corrected chi connectivity index (χ4v) is 6.87. The Hall–Kier alpha value is -3.65. The Labute approximate surface area is 276 Å². The molecule has 248 valence electrons. The van der Waals surface area contributed by atoms with Crippen LogP contribution in [0.3, 0.4) is 0 Å². The molecule has 1 saturated carbocycles. The summed E-state index contributed by atoms with van der Waals surface area (Å²) in [5, 5.41) is 29.1. The largest absolute Gasteiger partial charge is 0.479 e. The monoisotopic (exact) mass is 673 g/mol. The summed E-state index contributed by atoms with van der Waals surface area (Å²) in [4.78, 5) is 56.9. The lowest BCUT2D eigenvalue weighted by Gasteiger charge is -2.30. The molecule has 3 amide bonds. The van der Waals surface area contributed by atoms with Crippen molar-refractivity contribution in [3.05, 3.63) is 35.4 Å². The van der Waals surface area contributed by atoms with E-state index in [1.54, 1.807) is 26.8 Å². The number of tetrazole rings is 1. The maximum atomic E-state index is 14.2. The second kappa shape index (κ2) is 13.6. The molecule has 3 heterocycles. The summed E-state index contributed by atoms with van der Waals surface area (Å²) in [6.07, 6.45) is 8.78. The van der Waals surface area contributed by atoms with E-state index in [9.17, 15) is 24.3 Å². The lowest BCUT2D eigenvalue weighted by atomic mass is 10.0. The molecule has 3 aliphatic rings. The van der Waals surface area contributed by atoms with Gasteiger partial charge in [-0.3, -0.25) is 9.59 Å². The molecule has 2 fully saturated rings. The van der Waals surface area contributed by atoms with Crippen LogP contribution in [-0.4, -0.2) is 90.1 Å². The van der Waals surface area contributed by atoms with Crippen LogP contribution in [0.2, 0.25) is 5.02 Å². The number of thioether (sulfide) groups is 1. The van der Waals surface area contributed by atoms with Crippen molar-refractivity contribution in [2.75, 3.05) is 12.8 Å². The lowest BCUT2D eigenvalue weighted by molar-refractivity contribution is -0.145. The van der Waals surface area contributed by atoms with Gasteiger partial charge in [-0.2, -0.15) is 4.80 Å². The van der Waals surface area contributed by atoms with Crippen LogP contribution in [0.5, 0.6) is 0 Å². The number of halogens is 1. The number of hydrogen-bond acceptors (Lipinski definition) is 9. The molecule has 3 N–H and O–H groups in total. The first-order chi connectivity index (χ1) is 21.8. The zero-order valence-corrected chi connectivity index (χ0v) is 27.9. The molecule has 1 aliphatic carbocycles. The molecular formula is C31H40ClN7O6S. The van der Waals surface area contributed by atoms with Crippen LogP contribution < -0.4 is 10.6 Å². The number of nitrogens with zero attached hydrogens (tertiary/aromatic N) is 5. The molecule has 15 heteroatoms. The molecule has 5 atom stereocenters. The predicted molar refractivity (Wildman–Crippen MR) is 171 cm³/mol. The van der Waals surface area contributed by atoms with Crippen LogP contribution in [0.1, 0.15) is 71.8 Å². The standard InChI is InChI=1S/C31H40ClN7O6S/c1-30(2,3)45-29(44)33-22-11-9-7-5-6-8-10-19-16-31(19,28(42)43)34-26(40)23-15-20(17-38(23)27(22)41)39-36-25(35-37-39)18-12-13-24(46-4)21(32)14-18/h8,10,12-14,19-20,22-23H,5-7,9,11,15-17H2,1-4H3,(H,33,44)(H,34,40)(H,42,43)/b10-8-/t19-,20-,22+,23+,31+/m1/s1. The molecule has 0 radical (unpaired) electrons. The van der Waals surface area contributed by atoms with Crippen molar-refractivity contribution in [2.45, 2.75) is 99.9 Å². The van der Waals surface area contributed by atoms with Gasteiger partial charge >= 0.3 is 12.1 Å². The number of allylic oxidation sites excluding steroid dienone is 1. The first kappa shape index (κ1) is 33.7. The van der Waals surface area contributed by atoms with Gasteiger partial charge in [0, 0.05) is 29.3 Å². The average molecular weight is 674 g/mol. The molecule has 1 aromatic heterocycles. The van der Waals surface area contributed by atoms with Gasteiger partial charge in [0.1, 0.15) is 23.2 Å². The second-order valence-electron chi connectivity index (χ2n) is 13.0. The van der Waals surface area contributed by atoms with Gasteiger partial charge in [0.2, 0.25) is 17.6 Å². The fourth-order valence-electron chi connectivity index (χ4n) is 6.00. The molecule has 0 bridgehead atoms. The highest BCUT2D eigenvalue weighted by atomic mass is 35.5. The smallest absolute Gasteiger partial charge is 0.408 e. The number of hydrogen-bond donors (Lipinski definition) is 3. The van der Waals surface area contributed by atoms with E-state index in [0.29, 0.717) is 29.3 Å². The van der Waals surface area contributed by atoms with Gasteiger partial charge in [0.15, 0.2) is 0 Å². The number of carboxylic acid groups (broad SMARTS) is 1. The molecule has 0 spiro atoms. The van der Waals surface area contributed by atoms with Crippen molar-refractivity contribution < 1.29 is 29.0 Å². The van der Waals surface area contributed by atoms with Gasteiger partial charge in [-0.1, -0.05) is 36.6 Å². The van der Waals surface area contributed by atoms with E-state index in [-0.39, 0.29) is 25.3 Å². The molecule has 13 nitrogen and oxygen atoms in total. The lowest BCUT2D eigenvalue weighted by Crippen LogP contribution is -2.56. The highest BCUT2D eigenvalue weighted by Crippen LogP contribution is 2.45. The van der Waals surface area contributed by atoms with Gasteiger partial charge < -0.3 is 25.4 Å². The quantitative estimate of drug-likeness (QED) is 0.308. The van der Waals surface area contributed by atoms with Crippen molar-refractivity contribution in [1.29, 1.82) is 0 Å². The third-order valence-corrected chi connectivity index (χ3v) is 9.71. The Morgan fingerprint density at radius 3 is 2.70 bits per heavy atom. The molecule has 2 aromatic rings. The fraction of sp³-hybridized carbons (Fsp3) is 0.581. The number of aromatic nitrogens is 4. The Balaban J connectivity index is 1.44. The van der Waals surface area contributed by atoms with Crippen LogP contribution >= 0.6 is 23.4 Å². The van der Waals surface area contributed by atoms with Crippen molar-refractivity contribution in [3.63, 3.8) is 0 Å². The molecule has 1 aromatic carbocycles. The molecule has 1 saturated heterocycles. The summed E-state index contributed by atoms with van der Waals surface area (Å²) < 4.78 is 5.45. The molecular weight excluding hydrogens is 634 g/mol. The minimum Gasteiger partial charge on any atom is -0.479 e. The van der Waals surface area contributed by atoms with Gasteiger partial charge in [-0.05, 0) is 76.1 Å². The number of aliphatic carboxylic acids is 1. The Morgan fingerprint density at radius 2 is 2.00 bits per heavy atom. The third-order valence-electron chi connectivity index (χ3n) is 8.49. The maximum Gasteiger partial charge on any atom is 0.408 e. The third kappa shape index (κ3) is 7.49. The minimum atomic E-state index is -1.43. The van der Waals surface area contributed by atoms with Crippen molar-refractivity contribution in [2.24, 2.45) is 5.92 Å². The number of ether oxygens (including phenoxy) is 1. The van der Waals surface area contributed by atoms with E-state index in [1.165, 1.54) is 21.5 Å². The molecule has 0 unspecified atom stereocenters. The topological polar surface area (TPSA) is 169 Å². The highest BCUT2D eigenvalue weighted by molar-refractivity contribution is 7.98. The number of carbonyl (C=O) groups excluding carboxylic acids is 3. The van der Waals surface area contributed by atoms with Crippen molar-refractivity contribution in [1.82, 2.24) is 35.7 Å². The SMILES string of the molecule is CSc1ccc(-c2nnn([C@@H]3C[C@H]4C(=O)N[C@@]5(C(=O)O)C[C@H]5/C=C\CCCCC[C@H](NC(=O)OC(C)(C)C)C(=O)N4C3)n2)cc1Cl. The number of benzene rings is 1. The second-order valence-corrected chi connectivity index (χ2v) is 14.3. The molecule has 5 rings (SSSR count). The number of nitrogens with one attached hydrogen (secondary N) is 2. The first-order valence-electron chi connectivity index (χ1n) is 15.5. The van der Waals surface area contributed by atoms with Crippen molar-refractivity contribution >= 4 is 47.2 Å². The summed E-state index contributed by atoms with van der Waals surface area (Å²) in [6.45, 7) is 5.25. The van der Waals surface area contributed by atoms with Gasteiger partial charge in [0.05, 0.1) is 11.1 Å². The number of carbonyl (C=O) groups is 4. The summed E-state index contributed by atoms with van der Waals surface area (Å²) >= 11 is 7.91. The van der Waals surface area contributed by atoms with E-state index in [0.717, 1.165) is 24.2 Å². The van der Waals surface area contributed by atoms with Crippen molar-refractivity contribution in [3.8, 4) is 11.4 Å². The normalized spacial score (nSPS) is 27.8. The highest BCUT2D eigenvalue weighted by Gasteiger charge is 2.61. The van der Waals surface area contributed by atoms with E-state index in [2.05, 4.69) is 26.0 Å². The molecule has 46 heavy (non-hydrogen) atoms. The van der Waals surface area contributed by atoms with E-state index in [4.69, 9.17) is 16.3 Å². The Morgan fingerprint density at radius 1 is 1.22 bits per heavy atom. The molecule has 2 aliphatic heterocycles. The zero-order chi connectivity index (χ0) is 33.2. The summed E-state index contributed by atoms with van der Waals surface area (Å²) in [7, 11) is 0. The summed E-state index contributed by atoms with van der Waals surface area (Å²) in [5.41, 5.74) is -1.55. The summed E-state index contributed by atoms with van der Waals surface area (Å²) in [6, 6.07) is 2.93. The van der Waals surface area contributed by atoms with E-state index in [1.807, 2.05) is 30.5 Å². The number of carboxylic acids is 1. The Kier molecular flexibility index (Phi) is 9.97. The Bertz CT molecular complexity index is 1530. The van der Waals surface area contributed by atoms with Gasteiger partial charge in [-0.15, -0.1) is 22.0 Å².